The number of esters is 1. The van der Waals surface area contributed by atoms with Crippen LogP contribution in [0.25, 0.3) is 11.0 Å². The molecule has 7 nitrogen and oxygen atoms in total. The van der Waals surface area contributed by atoms with Crippen molar-refractivity contribution >= 4 is 22.8 Å². The van der Waals surface area contributed by atoms with Gasteiger partial charge in [0.15, 0.2) is 5.54 Å². The summed E-state index contributed by atoms with van der Waals surface area (Å²) in [5.74, 6) is -0.527. The van der Waals surface area contributed by atoms with Gasteiger partial charge in [0.05, 0.1) is 19.3 Å². The zero-order valence-electron chi connectivity index (χ0n) is 17.2. The Balaban J connectivity index is 1.61. The van der Waals surface area contributed by atoms with E-state index >= 15 is 0 Å². The van der Waals surface area contributed by atoms with E-state index in [-0.39, 0.29) is 19.0 Å². The van der Waals surface area contributed by atoms with Gasteiger partial charge in [-0.1, -0.05) is 18.2 Å². The molecule has 3 aromatic rings. The first kappa shape index (κ1) is 20.9. The molecule has 1 unspecified atom stereocenters. The molecule has 1 atom stereocenters. The molecule has 162 valence electrons. The van der Waals surface area contributed by atoms with Crippen molar-refractivity contribution in [3.05, 3.63) is 65.2 Å². The first-order valence-corrected chi connectivity index (χ1v) is 9.81. The third-order valence-corrected chi connectivity index (χ3v) is 5.37. The lowest BCUT2D eigenvalue weighted by Gasteiger charge is -2.25. The lowest BCUT2D eigenvalue weighted by Crippen LogP contribution is -2.55. The van der Waals surface area contributed by atoms with E-state index in [1.165, 1.54) is 13.2 Å². The standard InChI is InChI=1S/C23H22FNO6/c1-14-20(21(26)25-23(22(27)28-2)9-10-29-13-23)17-11-16(7-8-19(17)31-14)30-12-15-5-3-4-6-18(15)24/h3-8,11H,9-10,12-13H2,1-2H3,(H,25,26). The monoisotopic (exact) mass is 427 g/mol. The number of hydrogen-bond donors (Lipinski definition) is 1. The van der Waals surface area contributed by atoms with Crippen LogP contribution >= 0.6 is 0 Å². The Morgan fingerprint density at radius 3 is 2.74 bits per heavy atom. The molecule has 0 aliphatic carbocycles. The summed E-state index contributed by atoms with van der Waals surface area (Å²) in [6.45, 7) is 2.09. The van der Waals surface area contributed by atoms with Crippen LogP contribution in [0.3, 0.4) is 0 Å². The predicted octanol–water partition coefficient (Wildman–Crippen LogP) is 3.52. The Labute approximate surface area is 178 Å². The van der Waals surface area contributed by atoms with E-state index in [1.54, 1.807) is 43.3 Å². The van der Waals surface area contributed by atoms with Gasteiger partial charge in [-0.2, -0.15) is 0 Å². The summed E-state index contributed by atoms with van der Waals surface area (Å²) in [6, 6.07) is 11.4. The van der Waals surface area contributed by atoms with Crippen LogP contribution in [0.5, 0.6) is 5.75 Å². The molecule has 1 aliphatic rings. The van der Waals surface area contributed by atoms with Crippen LogP contribution in [0.4, 0.5) is 4.39 Å². The number of methoxy groups -OCH3 is 1. The van der Waals surface area contributed by atoms with Crippen LogP contribution in [-0.2, 0) is 20.9 Å². The van der Waals surface area contributed by atoms with E-state index in [0.717, 1.165) is 0 Å². The molecule has 1 saturated heterocycles. The number of fused-ring (bicyclic) bond motifs is 1. The summed E-state index contributed by atoms with van der Waals surface area (Å²) < 4.78 is 35.5. The predicted molar refractivity (Wildman–Crippen MR) is 109 cm³/mol. The summed E-state index contributed by atoms with van der Waals surface area (Å²) in [5.41, 5.74) is -0.0248. The summed E-state index contributed by atoms with van der Waals surface area (Å²) in [7, 11) is 1.27. The summed E-state index contributed by atoms with van der Waals surface area (Å²) >= 11 is 0. The smallest absolute Gasteiger partial charge is 0.334 e. The zero-order chi connectivity index (χ0) is 22.0. The van der Waals surface area contributed by atoms with Crippen molar-refractivity contribution in [1.82, 2.24) is 5.32 Å². The van der Waals surface area contributed by atoms with Crippen LogP contribution in [-0.4, -0.2) is 37.7 Å². The molecule has 0 radical (unpaired) electrons. The second-order valence-corrected chi connectivity index (χ2v) is 7.40. The van der Waals surface area contributed by atoms with E-state index in [2.05, 4.69) is 5.32 Å². The average Bonchev–Trinajstić information content (AvgIpc) is 3.36. The maximum absolute atomic E-state index is 13.8. The number of hydrogen-bond acceptors (Lipinski definition) is 6. The number of benzene rings is 2. The number of amides is 1. The summed E-state index contributed by atoms with van der Waals surface area (Å²) in [4.78, 5) is 25.4. The highest BCUT2D eigenvalue weighted by molar-refractivity contribution is 6.09. The summed E-state index contributed by atoms with van der Waals surface area (Å²) in [5, 5.41) is 3.30. The maximum atomic E-state index is 13.8. The fraction of sp³-hybridized carbons (Fsp3) is 0.304. The SMILES string of the molecule is COC(=O)C1(NC(=O)c2c(C)oc3ccc(OCc4ccccc4F)cc23)CCOC1. The molecule has 31 heavy (non-hydrogen) atoms. The van der Waals surface area contributed by atoms with Crippen molar-refractivity contribution in [1.29, 1.82) is 0 Å². The molecule has 1 fully saturated rings. The van der Waals surface area contributed by atoms with Gasteiger partial charge in [0.25, 0.3) is 5.91 Å². The molecule has 1 N–H and O–H groups in total. The number of carbonyl (C=O) groups is 2. The number of furan rings is 1. The van der Waals surface area contributed by atoms with Crippen molar-refractivity contribution in [2.75, 3.05) is 20.3 Å². The number of halogens is 1. The van der Waals surface area contributed by atoms with Gasteiger partial charge in [0, 0.05) is 24.0 Å². The molecule has 1 aromatic heterocycles. The first-order valence-electron chi connectivity index (χ1n) is 9.81. The molecule has 0 spiro atoms. The third-order valence-electron chi connectivity index (χ3n) is 5.37. The van der Waals surface area contributed by atoms with E-state index in [0.29, 0.717) is 46.6 Å². The van der Waals surface area contributed by atoms with E-state index in [4.69, 9.17) is 18.6 Å². The molecular weight excluding hydrogens is 405 g/mol. The van der Waals surface area contributed by atoms with Gasteiger partial charge in [-0.15, -0.1) is 0 Å². The van der Waals surface area contributed by atoms with E-state index < -0.39 is 17.4 Å². The first-order chi connectivity index (χ1) is 14.9. The Bertz CT molecular complexity index is 1130. The molecule has 1 amide bonds. The van der Waals surface area contributed by atoms with Crippen LogP contribution in [0.2, 0.25) is 0 Å². The molecule has 0 saturated carbocycles. The number of aryl methyl sites for hydroxylation is 1. The molecule has 1 aliphatic heterocycles. The fourth-order valence-corrected chi connectivity index (χ4v) is 3.70. The topological polar surface area (TPSA) is 87.0 Å². The zero-order valence-corrected chi connectivity index (χ0v) is 17.2. The van der Waals surface area contributed by atoms with Gasteiger partial charge in [0.2, 0.25) is 0 Å². The van der Waals surface area contributed by atoms with E-state index in [9.17, 15) is 14.0 Å². The van der Waals surface area contributed by atoms with Gasteiger partial charge >= 0.3 is 5.97 Å². The minimum atomic E-state index is -1.24. The maximum Gasteiger partial charge on any atom is 0.334 e. The van der Waals surface area contributed by atoms with Gasteiger partial charge in [0.1, 0.15) is 29.5 Å². The molecular formula is C23H22FNO6. The normalized spacial score (nSPS) is 18.2. The number of nitrogens with one attached hydrogen (secondary N) is 1. The van der Waals surface area contributed by atoms with Crippen molar-refractivity contribution < 1.29 is 32.6 Å². The van der Waals surface area contributed by atoms with Gasteiger partial charge in [-0.3, -0.25) is 4.79 Å². The lowest BCUT2D eigenvalue weighted by molar-refractivity contribution is -0.148. The van der Waals surface area contributed by atoms with Gasteiger partial charge in [-0.05, 0) is 31.2 Å². The fourth-order valence-electron chi connectivity index (χ4n) is 3.70. The number of ether oxygens (including phenoxy) is 3. The van der Waals surface area contributed by atoms with Crippen molar-refractivity contribution in [3.63, 3.8) is 0 Å². The van der Waals surface area contributed by atoms with Crippen LogP contribution in [0, 0.1) is 12.7 Å². The van der Waals surface area contributed by atoms with Crippen molar-refractivity contribution in [2.24, 2.45) is 0 Å². The average molecular weight is 427 g/mol. The lowest BCUT2D eigenvalue weighted by atomic mass is 9.97. The minimum Gasteiger partial charge on any atom is -0.489 e. The Morgan fingerprint density at radius 2 is 2.03 bits per heavy atom. The van der Waals surface area contributed by atoms with Crippen molar-refractivity contribution in [2.45, 2.75) is 25.5 Å². The molecule has 0 bridgehead atoms. The van der Waals surface area contributed by atoms with Gasteiger partial charge < -0.3 is 23.9 Å². The highest BCUT2D eigenvalue weighted by Crippen LogP contribution is 2.31. The Morgan fingerprint density at radius 1 is 1.23 bits per heavy atom. The van der Waals surface area contributed by atoms with Crippen LogP contribution in [0.1, 0.15) is 28.1 Å². The number of carbonyl (C=O) groups excluding carboxylic acids is 2. The van der Waals surface area contributed by atoms with Crippen LogP contribution < -0.4 is 10.1 Å². The highest BCUT2D eigenvalue weighted by Gasteiger charge is 2.45. The highest BCUT2D eigenvalue weighted by atomic mass is 19.1. The molecule has 2 aromatic carbocycles. The molecule has 4 rings (SSSR count). The van der Waals surface area contributed by atoms with Crippen molar-refractivity contribution in [3.8, 4) is 5.75 Å². The Kier molecular flexibility index (Phi) is 5.65. The minimum absolute atomic E-state index is 0.0389. The van der Waals surface area contributed by atoms with Gasteiger partial charge in [-0.25, -0.2) is 9.18 Å². The largest absolute Gasteiger partial charge is 0.489 e. The van der Waals surface area contributed by atoms with E-state index in [1.807, 2.05) is 0 Å². The van der Waals surface area contributed by atoms with Crippen LogP contribution in [0.15, 0.2) is 46.9 Å². The molecule has 2 heterocycles. The number of rotatable bonds is 6. The third kappa shape index (κ3) is 3.98. The second-order valence-electron chi connectivity index (χ2n) is 7.40. The Hall–Kier alpha value is -3.39. The molecule has 8 heteroatoms. The quantitative estimate of drug-likeness (QED) is 0.606. The second kappa shape index (κ2) is 8.39. The summed E-state index contributed by atoms with van der Waals surface area (Å²) in [6.07, 6.45) is 0.317.